The molecule has 1 aliphatic heterocycles. The first kappa shape index (κ1) is 20.1. The predicted octanol–water partition coefficient (Wildman–Crippen LogP) is 4.88. The number of halogens is 1. The highest BCUT2D eigenvalue weighted by Crippen LogP contribution is 2.46. The number of ether oxygens (including phenoxy) is 1. The molecule has 1 fully saturated rings. The maximum atomic E-state index is 9.98. The molecule has 0 atom stereocenters. The van der Waals surface area contributed by atoms with Crippen molar-refractivity contribution in [3.8, 4) is 22.6 Å². The third kappa shape index (κ3) is 3.70. The van der Waals surface area contributed by atoms with Crippen molar-refractivity contribution in [1.82, 2.24) is 9.91 Å². The molecule has 1 saturated heterocycles. The van der Waals surface area contributed by atoms with Crippen molar-refractivity contribution >= 4 is 22.1 Å². The molecule has 3 aromatic carbocycles. The van der Waals surface area contributed by atoms with E-state index in [9.17, 15) is 5.11 Å². The third-order valence-corrected chi connectivity index (χ3v) is 6.70. The quantitative estimate of drug-likeness (QED) is 0.543. The number of benzene rings is 3. The SMILES string of the molecule is COc1cc(/C=N\N2CCN(C3c4ccccc4-c4ccccc43)CC2)cc(Br)c1O. The van der Waals surface area contributed by atoms with Crippen LogP contribution in [-0.4, -0.2) is 54.5 Å². The van der Waals surface area contributed by atoms with Gasteiger partial charge in [-0.2, -0.15) is 5.10 Å². The summed E-state index contributed by atoms with van der Waals surface area (Å²) < 4.78 is 5.82. The molecule has 1 N–H and O–H groups in total. The third-order valence-electron chi connectivity index (χ3n) is 6.10. The molecule has 0 saturated carbocycles. The lowest BCUT2D eigenvalue weighted by atomic mass is 10.0. The molecular weight excluding hydrogens is 454 g/mol. The Labute approximate surface area is 190 Å². The van der Waals surface area contributed by atoms with E-state index in [1.165, 1.54) is 22.3 Å². The molecule has 1 heterocycles. The van der Waals surface area contributed by atoms with E-state index in [0.29, 0.717) is 16.3 Å². The van der Waals surface area contributed by atoms with Gasteiger partial charge in [-0.05, 0) is 55.9 Å². The van der Waals surface area contributed by atoms with E-state index < -0.39 is 0 Å². The normalized spacial score (nSPS) is 16.5. The van der Waals surface area contributed by atoms with Gasteiger partial charge in [0.1, 0.15) is 0 Å². The summed E-state index contributed by atoms with van der Waals surface area (Å²) >= 11 is 3.36. The van der Waals surface area contributed by atoms with E-state index in [4.69, 9.17) is 4.74 Å². The number of phenols is 1. The van der Waals surface area contributed by atoms with E-state index in [-0.39, 0.29) is 5.75 Å². The van der Waals surface area contributed by atoms with E-state index >= 15 is 0 Å². The van der Waals surface area contributed by atoms with Gasteiger partial charge in [-0.15, -0.1) is 0 Å². The van der Waals surface area contributed by atoms with Crippen molar-refractivity contribution in [1.29, 1.82) is 0 Å². The topological polar surface area (TPSA) is 48.3 Å². The number of phenolic OH excluding ortho intramolecular Hbond substituents is 1. The van der Waals surface area contributed by atoms with Crippen LogP contribution in [0.3, 0.4) is 0 Å². The van der Waals surface area contributed by atoms with Crippen LogP contribution in [0.15, 0.2) is 70.2 Å². The van der Waals surface area contributed by atoms with Crippen LogP contribution < -0.4 is 4.74 Å². The van der Waals surface area contributed by atoms with Gasteiger partial charge in [-0.25, -0.2) is 0 Å². The molecule has 5 nitrogen and oxygen atoms in total. The average Bonchev–Trinajstić information content (AvgIpc) is 3.14. The summed E-state index contributed by atoms with van der Waals surface area (Å²) in [6, 6.07) is 21.5. The second-order valence-corrected chi connectivity index (χ2v) is 8.72. The lowest BCUT2D eigenvalue weighted by Gasteiger charge is -2.37. The van der Waals surface area contributed by atoms with Crippen molar-refractivity contribution in [2.75, 3.05) is 33.3 Å². The Bertz CT molecular complexity index is 1090. The predicted molar refractivity (Wildman–Crippen MR) is 127 cm³/mol. The standard InChI is InChI=1S/C25H24BrN3O2/c1-31-23-15-17(14-22(26)25(23)30)16-27-29-12-10-28(11-13-29)24-20-8-4-2-6-18(20)19-7-3-5-9-21(19)24/h2-9,14-16,24,30H,10-13H2,1H3/b27-16-. The van der Waals surface area contributed by atoms with Gasteiger partial charge >= 0.3 is 0 Å². The zero-order chi connectivity index (χ0) is 21.4. The molecule has 0 aromatic heterocycles. The lowest BCUT2D eigenvalue weighted by molar-refractivity contribution is 0.114. The summed E-state index contributed by atoms with van der Waals surface area (Å²) in [5.74, 6) is 0.532. The summed E-state index contributed by atoms with van der Waals surface area (Å²) in [5.41, 5.74) is 6.40. The Hall–Kier alpha value is -2.83. The van der Waals surface area contributed by atoms with Gasteiger partial charge < -0.3 is 9.84 Å². The zero-order valence-corrected chi connectivity index (χ0v) is 18.9. The summed E-state index contributed by atoms with van der Waals surface area (Å²) in [6.07, 6.45) is 1.82. The van der Waals surface area contributed by atoms with Crippen LogP contribution in [0, 0.1) is 0 Å². The molecule has 0 radical (unpaired) electrons. The van der Waals surface area contributed by atoms with Crippen molar-refractivity contribution < 1.29 is 9.84 Å². The highest BCUT2D eigenvalue weighted by Gasteiger charge is 2.33. The number of rotatable bonds is 4. The molecule has 31 heavy (non-hydrogen) atoms. The van der Waals surface area contributed by atoms with Crippen LogP contribution in [0.5, 0.6) is 11.5 Å². The fourth-order valence-corrected chi connectivity index (χ4v) is 5.04. The summed E-state index contributed by atoms with van der Waals surface area (Å²) in [4.78, 5) is 2.57. The number of methoxy groups -OCH3 is 1. The monoisotopic (exact) mass is 477 g/mol. The van der Waals surface area contributed by atoms with Crippen molar-refractivity contribution in [2.24, 2.45) is 5.10 Å². The minimum absolute atomic E-state index is 0.102. The van der Waals surface area contributed by atoms with E-state index in [1.807, 2.05) is 12.3 Å². The number of hydrogen-bond acceptors (Lipinski definition) is 5. The fourth-order valence-electron chi connectivity index (χ4n) is 4.58. The van der Waals surface area contributed by atoms with Crippen LogP contribution >= 0.6 is 15.9 Å². The maximum absolute atomic E-state index is 9.98. The number of aromatic hydroxyl groups is 1. The number of piperazine rings is 1. The number of fused-ring (bicyclic) bond motifs is 3. The molecule has 0 unspecified atom stereocenters. The molecule has 0 bridgehead atoms. The van der Waals surface area contributed by atoms with Gasteiger partial charge in [-0.1, -0.05) is 48.5 Å². The number of hydrazone groups is 1. The van der Waals surface area contributed by atoms with Crippen LogP contribution in [0.1, 0.15) is 22.7 Å². The summed E-state index contributed by atoms with van der Waals surface area (Å²) in [7, 11) is 1.54. The largest absolute Gasteiger partial charge is 0.503 e. The Morgan fingerprint density at radius 1 is 0.968 bits per heavy atom. The smallest absolute Gasteiger partial charge is 0.172 e. The van der Waals surface area contributed by atoms with Crippen molar-refractivity contribution in [2.45, 2.75) is 6.04 Å². The minimum Gasteiger partial charge on any atom is -0.503 e. The van der Waals surface area contributed by atoms with Crippen LogP contribution in [0.25, 0.3) is 11.1 Å². The average molecular weight is 478 g/mol. The van der Waals surface area contributed by atoms with Crippen LogP contribution in [0.2, 0.25) is 0 Å². The molecule has 1 aliphatic carbocycles. The number of hydrogen-bond donors (Lipinski definition) is 1. The van der Waals surface area contributed by atoms with Gasteiger partial charge in [0.15, 0.2) is 11.5 Å². The van der Waals surface area contributed by atoms with E-state index in [0.717, 1.165) is 31.7 Å². The van der Waals surface area contributed by atoms with E-state index in [2.05, 4.69) is 79.5 Å². The highest BCUT2D eigenvalue weighted by atomic mass is 79.9. The van der Waals surface area contributed by atoms with Crippen LogP contribution in [-0.2, 0) is 0 Å². The maximum Gasteiger partial charge on any atom is 0.172 e. The highest BCUT2D eigenvalue weighted by molar-refractivity contribution is 9.10. The molecule has 158 valence electrons. The first-order valence-electron chi connectivity index (χ1n) is 10.4. The van der Waals surface area contributed by atoms with Gasteiger partial charge in [-0.3, -0.25) is 9.91 Å². The fraction of sp³-hybridized carbons (Fsp3) is 0.240. The minimum atomic E-state index is 0.102. The summed E-state index contributed by atoms with van der Waals surface area (Å²) in [6.45, 7) is 3.64. The Kier molecular flexibility index (Phi) is 5.42. The zero-order valence-electron chi connectivity index (χ0n) is 17.3. The van der Waals surface area contributed by atoms with Gasteiger partial charge in [0.2, 0.25) is 0 Å². The molecule has 2 aliphatic rings. The summed E-state index contributed by atoms with van der Waals surface area (Å²) in [5, 5.41) is 16.8. The van der Waals surface area contributed by atoms with Crippen LogP contribution in [0.4, 0.5) is 0 Å². The Balaban J connectivity index is 1.30. The Morgan fingerprint density at radius 3 is 2.19 bits per heavy atom. The lowest BCUT2D eigenvalue weighted by Crippen LogP contribution is -2.45. The van der Waals surface area contributed by atoms with E-state index in [1.54, 1.807) is 13.2 Å². The van der Waals surface area contributed by atoms with Gasteiger partial charge in [0, 0.05) is 26.2 Å². The number of nitrogens with zero attached hydrogens (tertiary/aromatic N) is 3. The first-order valence-corrected chi connectivity index (χ1v) is 11.2. The van der Waals surface area contributed by atoms with Crippen molar-refractivity contribution in [3.63, 3.8) is 0 Å². The van der Waals surface area contributed by atoms with Gasteiger partial charge in [0.25, 0.3) is 0 Å². The Morgan fingerprint density at radius 2 is 1.58 bits per heavy atom. The molecule has 0 amide bonds. The van der Waals surface area contributed by atoms with Gasteiger partial charge in [0.05, 0.1) is 23.8 Å². The molecule has 5 rings (SSSR count). The molecule has 0 spiro atoms. The second-order valence-electron chi connectivity index (χ2n) is 7.86. The second kappa shape index (κ2) is 8.36. The van der Waals surface area contributed by atoms with Crippen molar-refractivity contribution in [3.05, 3.63) is 81.8 Å². The molecular formula is C25H24BrN3O2. The first-order chi connectivity index (χ1) is 15.2. The molecule has 3 aromatic rings. The molecule has 6 heteroatoms.